The summed E-state index contributed by atoms with van der Waals surface area (Å²) in [6.45, 7) is 1.98. The van der Waals surface area contributed by atoms with Crippen LogP contribution in [0.25, 0.3) is 0 Å². The zero-order valence-electron chi connectivity index (χ0n) is 13.9. The number of hydrogen-bond acceptors (Lipinski definition) is 4. The quantitative estimate of drug-likeness (QED) is 0.828. The van der Waals surface area contributed by atoms with Gasteiger partial charge in [0, 0.05) is 11.8 Å². The van der Waals surface area contributed by atoms with E-state index in [1.807, 2.05) is 19.1 Å². The molecule has 2 N–H and O–H groups in total. The summed E-state index contributed by atoms with van der Waals surface area (Å²) < 4.78 is 10.3. The smallest absolute Gasteiger partial charge is 0.314 e. The Balaban J connectivity index is 2.10. The first kappa shape index (κ1) is 17.3. The monoisotopic (exact) mass is 328 g/mol. The molecule has 2 rings (SSSR count). The lowest BCUT2D eigenvalue weighted by Gasteiger charge is -2.12. The zero-order chi connectivity index (χ0) is 17.5. The van der Waals surface area contributed by atoms with E-state index in [1.165, 1.54) is 14.2 Å². The van der Waals surface area contributed by atoms with Crippen LogP contribution in [0.4, 0.5) is 11.4 Å². The van der Waals surface area contributed by atoms with Crippen molar-refractivity contribution in [3.63, 3.8) is 0 Å². The average Bonchev–Trinajstić information content (AvgIpc) is 2.62. The second-order valence-electron chi connectivity index (χ2n) is 4.99. The highest BCUT2D eigenvalue weighted by molar-refractivity contribution is 6.43. The van der Waals surface area contributed by atoms with E-state index in [9.17, 15) is 9.59 Å². The Labute approximate surface area is 140 Å². The molecule has 126 valence electrons. The Hall–Kier alpha value is -3.02. The molecule has 0 bridgehead atoms. The number of aryl methyl sites for hydroxylation is 1. The molecule has 0 aliphatic rings. The summed E-state index contributed by atoms with van der Waals surface area (Å²) in [7, 11) is 3.01. The molecule has 0 aromatic heterocycles. The minimum absolute atomic E-state index is 0.391. The molecule has 24 heavy (non-hydrogen) atoms. The second-order valence-corrected chi connectivity index (χ2v) is 4.99. The van der Waals surface area contributed by atoms with Crippen LogP contribution in [0.15, 0.2) is 42.5 Å². The predicted molar refractivity (Wildman–Crippen MR) is 92.6 cm³/mol. The van der Waals surface area contributed by atoms with E-state index < -0.39 is 11.8 Å². The lowest BCUT2D eigenvalue weighted by atomic mass is 10.1. The number of rotatable bonds is 5. The number of ether oxygens (including phenoxy) is 2. The number of para-hydroxylation sites is 1. The fourth-order valence-corrected chi connectivity index (χ4v) is 2.21. The Morgan fingerprint density at radius 1 is 0.917 bits per heavy atom. The van der Waals surface area contributed by atoms with Gasteiger partial charge < -0.3 is 20.1 Å². The van der Waals surface area contributed by atoms with Crippen molar-refractivity contribution in [3.8, 4) is 11.5 Å². The molecule has 0 aliphatic carbocycles. The van der Waals surface area contributed by atoms with Gasteiger partial charge in [0.05, 0.1) is 19.9 Å². The van der Waals surface area contributed by atoms with Gasteiger partial charge in [0.2, 0.25) is 0 Å². The van der Waals surface area contributed by atoms with Crippen LogP contribution < -0.4 is 20.1 Å². The van der Waals surface area contributed by atoms with Crippen LogP contribution in [-0.4, -0.2) is 26.0 Å². The standard InChI is InChI=1S/C18H20N2O4/c1-4-12-7-5-6-8-14(12)19-17(21)18(22)20-15-10-9-13(23-2)11-16(15)24-3/h5-11H,4H2,1-3H3,(H,19,21)(H,20,22). The number of hydrogen-bond donors (Lipinski definition) is 2. The summed E-state index contributed by atoms with van der Waals surface area (Å²) in [5.74, 6) is -0.520. The fraction of sp³-hybridized carbons (Fsp3) is 0.222. The van der Waals surface area contributed by atoms with Gasteiger partial charge in [-0.2, -0.15) is 0 Å². The molecule has 2 amide bonds. The molecular weight excluding hydrogens is 308 g/mol. The summed E-state index contributed by atoms with van der Waals surface area (Å²) in [6, 6.07) is 12.3. The fourth-order valence-electron chi connectivity index (χ4n) is 2.21. The molecule has 2 aromatic rings. The van der Waals surface area contributed by atoms with Crippen LogP contribution in [0.1, 0.15) is 12.5 Å². The number of carbonyl (C=O) groups is 2. The maximum absolute atomic E-state index is 12.1. The molecule has 0 saturated carbocycles. The molecule has 0 atom stereocenters. The molecule has 0 radical (unpaired) electrons. The van der Waals surface area contributed by atoms with Gasteiger partial charge in [0.1, 0.15) is 11.5 Å². The molecule has 2 aromatic carbocycles. The number of methoxy groups -OCH3 is 2. The lowest BCUT2D eigenvalue weighted by molar-refractivity contribution is -0.133. The lowest BCUT2D eigenvalue weighted by Crippen LogP contribution is -2.29. The SMILES string of the molecule is CCc1ccccc1NC(=O)C(=O)Nc1ccc(OC)cc1OC. The van der Waals surface area contributed by atoms with Gasteiger partial charge in [-0.1, -0.05) is 25.1 Å². The van der Waals surface area contributed by atoms with Crippen LogP contribution in [0.3, 0.4) is 0 Å². The molecular formula is C18H20N2O4. The second kappa shape index (κ2) is 8.01. The molecule has 6 nitrogen and oxygen atoms in total. The maximum atomic E-state index is 12.1. The van der Waals surface area contributed by atoms with E-state index in [0.717, 1.165) is 12.0 Å². The number of nitrogens with one attached hydrogen (secondary N) is 2. The van der Waals surface area contributed by atoms with Gasteiger partial charge in [-0.05, 0) is 30.2 Å². The van der Waals surface area contributed by atoms with Gasteiger partial charge in [-0.25, -0.2) is 0 Å². The first-order valence-corrected chi connectivity index (χ1v) is 7.51. The normalized spacial score (nSPS) is 9.96. The summed E-state index contributed by atoms with van der Waals surface area (Å²) in [5.41, 5.74) is 1.98. The van der Waals surface area contributed by atoms with E-state index in [4.69, 9.17) is 9.47 Å². The minimum Gasteiger partial charge on any atom is -0.497 e. The number of anilines is 2. The predicted octanol–water partition coefficient (Wildman–Crippen LogP) is 2.84. The van der Waals surface area contributed by atoms with E-state index >= 15 is 0 Å². The van der Waals surface area contributed by atoms with Crippen molar-refractivity contribution in [2.24, 2.45) is 0 Å². The van der Waals surface area contributed by atoms with Gasteiger partial charge in [-0.3, -0.25) is 9.59 Å². The van der Waals surface area contributed by atoms with E-state index in [1.54, 1.807) is 30.3 Å². The van der Waals surface area contributed by atoms with Gasteiger partial charge >= 0.3 is 11.8 Å². The highest BCUT2D eigenvalue weighted by atomic mass is 16.5. The van der Waals surface area contributed by atoms with Crippen molar-refractivity contribution >= 4 is 23.2 Å². The Kier molecular flexibility index (Phi) is 5.78. The maximum Gasteiger partial charge on any atom is 0.314 e. The first-order chi connectivity index (χ1) is 11.6. The molecule has 6 heteroatoms. The summed E-state index contributed by atoms with van der Waals surface area (Å²) in [6.07, 6.45) is 0.754. The summed E-state index contributed by atoms with van der Waals surface area (Å²) in [4.78, 5) is 24.2. The summed E-state index contributed by atoms with van der Waals surface area (Å²) in [5, 5.41) is 5.16. The van der Waals surface area contributed by atoms with Crippen LogP contribution in [0.2, 0.25) is 0 Å². The van der Waals surface area contributed by atoms with Crippen molar-refractivity contribution in [1.82, 2.24) is 0 Å². The van der Waals surface area contributed by atoms with Crippen LogP contribution in [0, 0.1) is 0 Å². The zero-order valence-corrected chi connectivity index (χ0v) is 13.9. The van der Waals surface area contributed by atoms with Crippen LogP contribution >= 0.6 is 0 Å². The largest absolute Gasteiger partial charge is 0.497 e. The molecule has 0 fully saturated rings. The molecule has 0 spiro atoms. The topological polar surface area (TPSA) is 76.7 Å². The van der Waals surface area contributed by atoms with Crippen molar-refractivity contribution in [3.05, 3.63) is 48.0 Å². The van der Waals surface area contributed by atoms with Gasteiger partial charge in [0.25, 0.3) is 0 Å². The third kappa shape index (κ3) is 4.04. The molecule has 0 unspecified atom stereocenters. The third-order valence-electron chi connectivity index (χ3n) is 3.51. The average molecular weight is 328 g/mol. The highest BCUT2D eigenvalue weighted by Gasteiger charge is 2.17. The number of carbonyl (C=O) groups excluding carboxylic acids is 2. The Bertz CT molecular complexity index is 744. The minimum atomic E-state index is -0.774. The first-order valence-electron chi connectivity index (χ1n) is 7.51. The van der Waals surface area contributed by atoms with Gasteiger partial charge in [0.15, 0.2) is 0 Å². The van der Waals surface area contributed by atoms with Crippen LogP contribution in [-0.2, 0) is 16.0 Å². The van der Waals surface area contributed by atoms with E-state index in [-0.39, 0.29) is 0 Å². The summed E-state index contributed by atoms with van der Waals surface area (Å²) >= 11 is 0. The number of benzene rings is 2. The number of amides is 2. The molecule has 0 saturated heterocycles. The molecule has 0 aliphatic heterocycles. The van der Waals surface area contributed by atoms with Crippen molar-refractivity contribution in [1.29, 1.82) is 0 Å². The van der Waals surface area contributed by atoms with Crippen molar-refractivity contribution in [2.45, 2.75) is 13.3 Å². The molecule has 0 heterocycles. The van der Waals surface area contributed by atoms with Crippen molar-refractivity contribution in [2.75, 3.05) is 24.9 Å². The van der Waals surface area contributed by atoms with E-state index in [0.29, 0.717) is 22.9 Å². The Morgan fingerprint density at radius 3 is 2.21 bits per heavy atom. The highest BCUT2D eigenvalue weighted by Crippen LogP contribution is 2.29. The third-order valence-corrected chi connectivity index (χ3v) is 3.51. The Morgan fingerprint density at radius 2 is 1.58 bits per heavy atom. The van der Waals surface area contributed by atoms with E-state index in [2.05, 4.69) is 10.6 Å². The van der Waals surface area contributed by atoms with Crippen molar-refractivity contribution < 1.29 is 19.1 Å². The van der Waals surface area contributed by atoms with Gasteiger partial charge in [-0.15, -0.1) is 0 Å². The van der Waals surface area contributed by atoms with Crippen LogP contribution in [0.5, 0.6) is 11.5 Å².